The number of aliphatic imine (C=N–C) groups is 2. The maximum Gasteiger partial charge on any atom is 0.277 e. The van der Waals surface area contributed by atoms with E-state index in [-0.39, 0.29) is 5.91 Å². The Balaban J connectivity index is 1.91. The smallest absolute Gasteiger partial charge is 0.267 e. The summed E-state index contributed by atoms with van der Waals surface area (Å²) in [5.41, 5.74) is 4.26. The Bertz CT molecular complexity index is 1170. The summed E-state index contributed by atoms with van der Waals surface area (Å²) >= 11 is 0. The van der Waals surface area contributed by atoms with Gasteiger partial charge in [-0.3, -0.25) is 4.79 Å². The minimum atomic E-state index is -0.300. The molecule has 144 valence electrons. The van der Waals surface area contributed by atoms with Crippen molar-refractivity contribution >= 4 is 23.0 Å². The summed E-state index contributed by atoms with van der Waals surface area (Å²) in [7, 11) is 0. The van der Waals surface area contributed by atoms with Crippen LogP contribution in [-0.2, 0) is 0 Å². The van der Waals surface area contributed by atoms with Crippen molar-refractivity contribution in [1.82, 2.24) is 0 Å². The Kier molecular flexibility index (Phi) is 6.02. The molecule has 0 aliphatic heterocycles. The Hall–Kier alpha value is -4.11. The van der Waals surface area contributed by atoms with Crippen molar-refractivity contribution in [2.24, 2.45) is 9.98 Å². The molecule has 0 aliphatic rings. The van der Waals surface area contributed by atoms with E-state index >= 15 is 0 Å². The average molecular weight is 388 g/mol. The molecule has 0 bridgehead atoms. The Labute approximate surface area is 176 Å². The lowest BCUT2D eigenvalue weighted by molar-refractivity contribution is 0.100. The number of carbonyl (C=O) groups excluding carboxylic acids is 1. The molecule has 0 aromatic heterocycles. The summed E-state index contributed by atoms with van der Waals surface area (Å²) in [6.07, 6.45) is 0. The summed E-state index contributed by atoms with van der Waals surface area (Å²) < 4.78 is 0. The lowest BCUT2D eigenvalue weighted by atomic mass is 9.99. The fourth-order valence-electron chi connectivity index (χ4n) is 3.08. The molecule has 0 unspecified atom stereocenters. The molecule has 0 spiro atoms. The number of benzene rings is 4. The summed E-state index contributed by atoms with van der Waals surface area (Å²) in [5.74, 6) is -0.300. The van der Waals surface area contributed by atoms with Crippen LogP contribution in [0, 0.1) is 0 Å². The first-order valence-corrected chi connectivity index (χ1v) is 9.74. The molecule has 0 heterocycles. The fraction of sp³-hybridized carbons (Fsp3) is 0. The average Bonchev–Trinajstić information content (AvgIpc) is 2.83. The predicted molar refractivity (Wildman–Crippen MR) is 123 cm³/mol. The topological polar surface area (TPSA) is 41.8 Å². The molecule has 4 aromatic carbocycles. The molecule has 0 N–H and O–H groups in total. The predicted octanol–water partition coefficient (Wildman–Crippen LogP) is 6.14. The second-order valence-corrected chi connectivity index (χ2v) is 6.66. The van der Waals surface area contributed by atoms with Crippen LogP contribution in [0.2, 0.25) is 0 Å². The molecule has 0 fully saturated rings. The van der Waals surface area contributed by atoms with Gasteiger partial charge in [-0.05, 0) is 24.3 Å². The van der Waals surface area contributed by atoms with Crippen LogP contribution in [0.15, 0.2) is 131 Å². The van der Waals surface area contributed by atoms with Crippen LogP contribution in [0.5, 0.6) is 0 Å². The van der Waals surface area contributed by atoms with Crippen molar-refractivity contribution in [2.75, 3.05) is 0 Å². The van der Waals surface area contributed by atoms with Gasteiger partial charge in [0, 0.05) is 16.7 Å². The highest BCUT2D eigenvalue weighted by Crippen LogP contribution is 2.18. The third-order valence-electron chi connectivity index (χ3n) is 4.55. The number of carbonyl (C=O) groups is 1. The number of amides is 1. The second kappa shape index (κ2) is 9.39. The number of rotatable bonds is 5. The molecule has 0 atom stereocenters. The molecule has 4 rings (SSSR count). The van der Waals surface area contributed by atoms with Gasteiger partial charge in [-0.15, -0.1) is 0 Å². The Morgan fingerprint density at radius 1 is 0.467 bits per heavy atom. The van der Waals surface area contributed by atoms with E-state index in [9.17, 15) is 4.79 Å². The van der Waals surface area contributed by atoms with E-state index in [4.69, 9.17) is 4.99 Å². The van der Waals surface area contributed by atoms with Crippen LogP contribution < -0.4 is 0 Å². The fourth-order valence-corrected chi connectivity index (χ4v) is 3.08. The van der Waals surface area contributed by atoms with Gasteiger partial charge in [-0.25, -0.2) is 9.98 Å². The first kappa shape index (κ1) is 19.2. The number of nitrogens with zero attached hydrogens (tertiary/aromatic N) is 2. The monoisotopic (exact) mass is 388 g/mol. The van der Waals surface area contributed by atoms with Gasteiger partial charge in [0.1, 0.15) is 5.71 Å². The SMILES string of the molecule is O=C(N=C(C(=Nc1ccccc1)c1ccccc1)c1ccccc1)c1ccccc1. The molecule has 0 radical (unpaired) electrons. The van der Waals surface area contributed by atoms with Gasteiger partial charge in [-0.2, -0.15) is 0 Å². The van der Waals surface area contributed by atoms with Gasteiger partial charge >= 0.3 is 0 Å². The zero-order chi connectivity index (χ0) is 20.6. The molecule has 0 aliphatic carbocycles. The zero-order valence-corrected chi connectivity index (χ0v) is 16.3. The minimum Gasteiger partial charge on any atom is -0.267 e. The van der Waals surface area contributed by atoms with E-state index in [1.54, 1.807) is 12.1 Å². The maximum atomic E-state index is 13.0. The van der Waals surface area contributed by atoms with Crippen molar-refractivity contribution in [3.05, 3.63) is 138 Å². The van der Waals surface area contributed by atoms with Crippen molar-refractivity contribution in [3.8, 4) is 0 Å². The van der Waals surface area contributed by atoms with Gasteiger partial charge < -0.3 is 0 Å². The largest absolute Gasteiger partial charge is 0.277 e. The molecule has 0 saturated heterocycles. The van der Waals surface area contributed by atoms with Crippen molar-refractivity contribution < 1.29 is 4.79 Å². The van der Waals surface area contributed by atoms with E-state index in [0.29, 0.717) is 17.0 Å². The summed E-state index contributed by atoms with van der Waals surface area (Å²) in [5, 5.41) is 0. The summed E-state index contributed by atoms with van der Waals surface area (Å²) in [6, 6.07) is 38.3. The first-order chi connectivity index (χ1) is 14.8. The Morgan fingerprint density at radius 2 is 0.867 bits per heavy atom. The zero-order valence-electron chi connectivity index (χ0n) is 16.3. The molecule has 3 nitrogen and oxygen atoms in total. The minimum absolute atomic E-state index is 0.300. The first-order valence-electron chi connectivity index (χ1n) is 9.74. The van der Waals surface area contributed by atoms with Crippen LogP contribution in [0.3, 0.4) is 0 Å². The van der Waals surface area contributed by atoms with Gasteiger partial charge in [0.25, 0.3) is 5.91 Å². The molecular weight excluding hydrogens is 368 g/mol. The number of hydrogen-bond acceptors (Lipinski definition) is 2. The van der Waals surface area contributed by atoms with Crippen LogP contribution in [0.4, 0.5) is 5.69 Å². The van der Waals surface area contributed by atoms with Crippen LogP contribution in [0.1, 0.15) is 21.5 Å². The van der Waals surface area contributed by atoms with E-state index in [0.717, 1.165) is 16.8 Å². The van der Waals surface area contributed by atoms with Crippen molar-refractivity contribution in [3.63, 3.8) is 0 Å². The number of para-hydroxylation sites is 1. The molecule has 0 saturated carbocycles. The maximum absolute atomic E-state index is 13.0. The van der Waals surface area contributed by atoms with E-state index < -0.39 is 0 Å². The van der Waals surface area contributed by atoms with Gasteiger partial charge in [0.15, 0.2) is 0 Å². The van der Waals surface area contributed by atoms with Crippen LogP contribution in [-0.4, -0.2) is 17.3 Å². The molecule has 1 amide bonds. The third-order valence-corrected chi connectivity index (χ3v) is 4.55. The molecule has 3 heteroatoms. The van der Waals surface area contributed by atoms with Crippen molar-refractivity contribution in [2.45, 2.75) is 0 Å². The summed E-state index contributed by atoms with van der Waals surface area (Å²) in [6.45, 7) is 0. The van der Waals surface area contributed by atoms with Gasteiger partial charge in [0.05, 0.1) is 11.4 Å². The lowest BCUT2D eigenvalue weighted by Gasteiger charge is -2.11. The van der Waals surface area contributed by atoms with Gasteiger partial charge in [0.2, 0.25) is 0 Å². The third kappa shape index (κ3) is 4.65. The quantitative estimate of drug-likeness (QED) is 0.379. The summed E-state index contributed by atoms with van der Waals surface area (Å²) in [4.78, 5) is 22.4. The van der Waals surface area contributed by atoms with Gasteiger partial charge in [-0.1, -0.05) is 97.1 Å². The highest BCUT2D eigenvalue weighted by atomic mass is 16.1. The highest BCUT2D eigenvalue weighted by Gasteiger charge is 2.17. The second-order valence-electron chi connectivity index (χ2n) is 6.66. The lowest BCUT2D eigenvalue weighted by Crippen LogP contribution is -2.19. The molecule has 4 aromatic rings. The highest BCUT2D eigenvalue weighted by molar-refractivity contribution is 6.55. The molecule has 30 heavy (non-hydrogen) atoms. The van der Waals surface area contributed by atoms with E-state index in [2.05, 4.69) is 4.99 Å². The normalized spacial score (nSPS) is 11.9. The van der Waals surface area contributed by atoms with Crippen molar-refractivity contribution in [1.29, 1.82) is 0 Å². The number of hydrogen-bond donors (Lipinski definition) is 0. The van der Waals surface area contributed by atoms with E-state index in [1.807, 2.05) is 109 Å². The van der Waals surface area contributed by atoms with Crippen LogP contribution >= 0.6 is 0 Å². The molecular formula is C27H20N2O. The standard InChI is InChI=1S/C27H20N2O/c30-27(23-17-9-3-10-18-23)29-26(22-15-7-2-8-16-22)25(21-13-5-1-6-14-21)28-24-19-11-4-12-20-24/h1-20H. The van der Waals surface area contributed by atoms with E-state index in [1.165, 1.54) is 0 Å². The Morgan fingerprint density at radius 3 is 1.37 bits per heavy atom. The van der Waals surface area contributed by atoms with Crippen LogP contribution in [0.25, 0.3) is 0 Å².